The fourth-order valence-corrected chi connectivity index (χ4v) is 4.43. The van der Waals surface area contributed by atoms with Crippen LogP contribution < -0.4 is 16.0 Å². The van der Waals surface area contributed by atoms with Crippen LogP contribution in [0.15, 0.2) is 42.6 Å². The lowest BCUT2D eigenvalue weighted by Crippen LogP contribution is -2.43. The molecule has 0 bridgehead atoms. The Kier molecular flexibility index (Phi) is 7.27. The van der Waals surface area contributed by atoms with Crippen LogP contribution in [-0.4, -0.2) is 45.4 Å². The van der Waals surface area contributed by atoms with E-state index in [0.29, 0.717) is 19.0 Å². The zero-order valence-corrected chi connectivity index (χ0v) is 19.4. The number of hydrogen-bond donors (Lipinski definition) is 4. The highest BCUT2D eigenvalue weighted by Crippen LogP contribution is 2.28. The van der Waals surface area contributed by atoms with Gasteiger partial charge in [-0.2, -0.15) is 9.61 Å². The summed E-state index contributed by atoms with van der Waals surface area (Å²) < 4.78 is 1.92. The van der Waals surface area contributed by atoms with E-state index in [1.807, 2.05) is 16.8 Å². The van der Waals surface area contributed by atoms with Crippen molar-refractivity contribution >= 4 is 17.3 Å². The summed E-state index contributed by atoms with van der Waals surface area (Å²) in [4.78, 5) is 4.90. The third-order valence-electron chi connectivity index (χ3n) is 6.36. The summed E-state index contributed by atoms with van der Waals surface area (Å²) in [6.07, 6.45) is 4.66. The molecule has 1 aliphatic rings. The molecular formula is C25H36N6O. The molecule has 0 amide bonds. The summed E-state index contributed by atoms with van der Waals surface area (Å²) >= 11 is 0. The number of aromatic nitrogens is 3. The van der Waals surface area contributed by atoms with Gasteiger partial charge in [0.05, 0.1) is 18.3 Å². The summed E-state index contributed by atoms with van der Waals surface area (Å²) in [6.45, 7) is 8.85. The lowest BCUT2D eigenvalue weighted by atomic mass is 9.95. The zero-order chi connectivity index (χ0) is 22.5. The van der Waals surface area contributed by atoms with Gasteiger partial charge < -0.3 is 21.1 Å². The number of aliphatic hydroxyl groups is 1. The zero-order valence-electron chi connectivity index (χ0n) is 19.4. The Hall–Kier alpha value is -2.64. The lowest BCUT2D eigenvalue weighted by Gasteiger charge is -2.28. The van der Waals surface area contributed by atoms with Gasteiger partial charge in [-0.1, -0.05) is 57.5 Å². The molecule has 1 aromatic carbocycles. The number of hydrogen-bond acceptors (Lipinski definition) is 6. The number of benzene rings is 1. The van der Waals surface area contributed by atoms with Gasteiger partial charge in [-0.3, -0.25) is 0 Å². The normalized spacial score (nSPS) is 19.9. The first-order valence-electron chi connectivity index (χ1n) is 11.9. The first kappa shape index (κ1) is 22.6. The van der Waals surface area contributed by atoms with Gasteiger partial charge >= 0.3 is 0 Å². The van der Waals surface area contributed by atoms with Crippen molar-refractivity contribution in [1.29, 1.82) is 0 Å². The minimum atomic E-state index is -0.328. The van der Waals surface area contributed by atoms with Gasteiger partial charge in [0.15, 0.2) is 5.65 Å². The highest BCUT2D eigenvalue weighted by molar-refractivity contribution is 5.61. The van der Waals surface area contributed by atoms with Crippen LogP contribution in [0.2, 0.25) is 0 Å². The second kappa shape index (κ2) is 10.3. The number of rotatable bonds is 9. The maximum Gasteiger partial charge on any atom is 0.163 e. The van der Waals surface area contributed by atoms with Crippen LogP contribution in [0, 0.1) is 5.92 Å². The van der Waals surface area contributed by atoms with Gasteiger partial charge in [0, 0.05) is 30.6 Å². The summed E-state index contributed by atoms with van der Waals surface area (Å²) in [6, 6.07) is 12.8. The molecule has 32 heavy (non-hydrogen) atoms. The third kappa shape index (κ3) is 5.05. The lowest BCUT2D eigenvalue weighted by molar-refractivity contribution is 0.0883. The molecule has 3 heterocycles. The topological polar surface area (TPSA) is 86.5 Å². The van der Waals surface area contributed by atoms with E-state index in [9.17, 15) is 5.11 Å². The van der Waals surface area contributed by atoms with E-state index < -0.39 is 0 Å². The molecule has 1 saturated heterocycles. The molecule has 4 N–H and O–H groups in total. The number of fused-ring (bicyclic) bond motifs is 1. The van der Waals surface area contributed by atoms with Gasteiger partial charge in [-0.25, -0.2) is 4.98 Å². The molecule has 1 fully saturated rings. The number of β-amino-alcohol motifs (C(OH)–C–C–N with tert-alkyl or cyclic N) is 1. The number of piperidine rings is 1. The van der Waals surface area contributed by atoms with E-state index in [1.54, 1.807) is 0 Å². The highest BCUT2D eigenvalue weighted by Gasteiger charge is 2.23. The van der Waals surface area contributed by atoms with Crippen molar-refractivity contribution in [2.75, 3.05) is 30.3 Å². The fraction of sp³-hybridized carbons (Fsp3) is 0.520. The SMILES string of the molecule is CCCC(Nc1cc(NCC2CCNCC2O)nc2c(C(C)C)cnn12)c1ccccc1. The Morgan fingerprint density at radius 2 is 2.06 bits per heavy atom. The van der Waals surface area contributed by atoms with Gasteiger partial charge in [0.25, 0.3) is 0 Å². The second-order valence-corrected chi connectivity index (χ2v) is 9.11. The van der Waals surface area contributed by atoms with Crippen LogP contribution in [0.25, 0.3) is 5.65 Å². The molecule has 3 atom stereocenters. The average molecular weight is 437 g/mol. The molecule has 2 aromatic heterocycles. The number of anilines is 2. The molecule has 0 aliphatic carbocycles. The minimum Gasteiger partial charge on any atom is -0.391 e. The van der Waals surface area contributed by atoms with Crippen molar-refractivity contribution in [1.82, 2.24) is 19.9 Å². The molecule has 1 aliphatic heterocycles. The van der Waals surface area contributed by atoms with Crippen molar-refractivity contribution in [3.05, 3.63) is 53.7 Å². The predicted molar refractivity (Wildman–Crippen MR) is 130 cm³/mol. The Morgan fingerprint density at radius 1 is 1.25 bits per heavy atom. The van der Waals surface area contributed by atoms with Gasteiger partial charge in [0.2, 0.25) is 0 Å². The maximum atomic E-state index is 10.3. The molecule has 0 saturated carbocycles. The predicted octanol–water partition coefficient (Wildman–Crippen LogP) is 4.19. The Morgan fingerprint density at radius 3 is 2.78 bits per heavy atom. The van der Waals surface area contributed by atoms with Gasteiger partial charge in [0.1, 0.15) is 11.6 Å². The van der Waals surface area contributed by atoms with Gasteiger partial charge in [-0.05, 0) is 30.9 Å². The molecule has 7 nitrogen and oxygen atoms in total. The van der Waals surface area contributed by atoms with E-state index in [4.69, 9.17) is 4.98 Å². The van der Waals surface area contributed by atoms with E-state index in [2.05, 4.69) is 72.2 Å². The quantitative estimate of drug-likeness (QED) is 0.402. The minimum absolute atomic E-state index is 0.192. The van der Waals surface area contributed by atoms with Crippen molar-refractivity contribution in [3.63, 3.8) is 0 Å². The van der Waals surface area contributed by atoms with E-state index in [-0.39, 0.29) is 18.1 Å². The van der Waals surface area contributed by atoms with Crippen molar-refractivity contribution in [2.45, 2.75) is 58.1 Å². The molecule has 3 aromatic rings. The van der Waals surface area contributed by atoms with Crippen molar-refractivity contribution in [2.24, 2.45) is 5.92 Å². The van der Waals surface area contributed by atoms with Crippen LogP contribution >= 0.6 is 0 Å². The van der Waals surface area contributed by atoms with Crippen LogP contribution in [0.3, 0.4) is 0 Å². The van der Waals surface area contributed by atoms with Crippen LogP contribution in [0.4, 0.5) is 11.6 Å². The first-order chi connectivity index (χ1) is 15.6. The summed E-state index contributed by atoms with van der Waals surface area (Å²) in [5.74, 6) is 2.29. The van der Waals surface area contributed by atoms with E-state index in [1.165, 1.54) is 5.56 Å². The summed E-state index contributed by atoms with van der Waals surface area (Å²) in [5, 5.41) is 25.5. The Bertz CT molecular complexity index is 1000. The van der Waals surface area contributed by atoms with E-state index in [0.717, 1.165) is 48.7 Å². The highest BCUT2D eigenvalue weighted by atomic mass is 16.3. The molecule has 7 heteroatoms. The van der Waals surface area contributed by atoms with Crippen molar-refractivity contribution < 1.29 is 5.11 Å². The number of nitrogens with one attached hydrogen (secondary N) is 3. The Labute approximate surface area is 190 Å². The monoisotopic (exact) mass is 436 g/mol. The molecule has 3 unspecified atom stereocenters. The molecule has 172 valence electrons. The number of aliphatic hydroxyl groups excluding tert-OH is 1. The average Bonchev–Trinajstić information content (AvgIpc) is 3.23. The standard InChI is InChI=1S/C25H36N6O/c1-4-8-21(18-9-6-5-7-10-18)29-24-13-23(27-14-19-11-12-26-16-22(19)32)30-25-20(17(2)3)15-28-31(24)25/h5-7,9-10,13,15,17,19,21-22,26,29,32H,4,8,11-12,14,16H2,1-3H3,(H,27,30). The summed E-state index contributed by atoms with van der Waals surface area (Å²) in [5.41, 5.74) is 3.27. The molecule has 0 spiro atoms. The molecule has 0 radical (unpaired) electrons. The maximum absolute atomic E-state index is 10.3. The molecular weight excluding hydrogens is 400 g/mol. The van der Waals surface area contributed by atoms with Gasteiger partial charge in [-0.15, -0.1) is 0 Å². The third-order valence-corrected chi connectivity index (χ3v) is 6.36. The van der Waals surface area contributed by atoms with Crippen LogP contribution in [0.1, 0.15) is 63.1 Å². The second-order valence-electron chi connectivity index (χ2n) is 9.11. The largest absolute Gasteiger partial charge is 0.391 e. The van der Waals surface area contributed by atoms with Crippen LogP contribution in [0.5, 0.6) is 0 Å². The van der Waals surface area contributed by atoms with E-state index >= 15 is 0 Å². The smallest absolute Gasteiger partial charge is 0.163 e. The Balaban J connectivity index is 1.65. The molecule has 4 rings (SSSR count). The number of nitrogens with zero attached hydrogens (tertiary/aromatic N) is 3. The first-order valence-corrected chi connectivity index (χ1v) is 11.9. The summed E-state index contributed by atoms with van der Waals surface area (Å²) in [7, 11) is 0. The fourth-order valence-electron chi connectivity index (χ4n) is 4.43. The van der Waals surface area contributed by atoms with Crippen molar-refractivity contribution in [3.8, 4) is 0 Å². The van der Waals surface area contributed by atoms with Crippen LogP contribution in [-0.2, 0) is 0 Å².